The van der Waals surface area contributed by atoms with Crippen LogP contribution in [0.4, 0.5) is 0 Å². The number of nitrogens with two attached hydrogens (primary N) is 1. The molecule has 0 heterocycles. The Morgan fingerprint density at radius 1 is 0.963 bits per heavy atom. The fraction of sp³-hybridized carbons (Fsp3) is 0.400. The van der Waals surface area contributed by atoms with Crippen LogP contribution in [0.5, 0.6) is 0 Å². The summed E-state index contributed by atoms with van der Waals surface area (Å²) in [5, 5.41) is 0. The van der Waals surface area contributed by atoms with Gasteiger partial charge in [0.15, 0.2) is 5.78 Å². The Morgan fingerprint density at radius 2 is 1.74 bits per heavy atom. The molecule has 27 heavy (non-hydrogen) atoms. The molecule has 0 aromatic heterocycles. The van der Waals surface area contributed by atoms with Crippen molar-refractivity contribution in [1.82, 2.24) is 0 Å². The van der Waals surface area contributed by atoms with Crippen LogP contribution in [0.3, 0.4) is 0 Å². The molecule has 2 aliphatic rings. The molecule has 0 bridgehead atoms. The number of hydrogen-bond acceptors (Lipinski definition) is 2. The molecule has 4 rings (SSSR count). The molecule has 0 amide bonds. The number of rotatable bonds is 5. The Hall–Kier alpha value is -2.19. The van der Waals surface area contributed by atoms with Gasteiger partial charge in [-0.05, 0) is 67.2 Å². The van der Waals surface area contributed by atoms with Gasteiger partial charge < -0.3 is 5.73 Å². The maximum Gasteiger partial charge on any atom is 0.158 e. The van der Waals surface area contributed by atoms with E-state index in [0.717, 1.165) is 38.5 Å². The van der Waals surface area contributed by atoms with Crippen LogP contribution < -0.4 is 5.73 Å². The minimum absolute atomic E-state index is 0.152. The Morgan fingerprint density at radius 3 is 2.48 bits per heavy atom. The highest BCUT2D eigenvalue weighted by molar-refractivity contribution is 5.93. The monoisotopic (exact) mass is 359 g/mol. The van der Waals surface area contributed by atoms with E-state index in [4.69, 9.17) is 5.73 Å². The van der Waals surface area contributed by atoms with Crippen LogP contribution in [0.2, 0.25) is 0 Å². The molecule has 140 valence electrons. The maximum absolute atomic E-state index is 12.5. The van der Waals surface area contributed by atoms with Gasteiger partial charge in [-0.15, -0.1) is 0 Å². The molecule has 2 heteroatoms. The topological polar surface area (TPSA) is 43.1 Å². The summed E-state index contributed by atoms with van der Waals surface area (Å²) in [4.78, 5) is 12.5. The molecule has 0 spiro atoms. The summed E-state index contributed by atoms with van der Waals surface area (Å²) < 4.78 is 0. The van der Waals surface area contributed by atoms with E-state index >= 15 is 0 Å². The molecule has 2 fully saturated rings. The quantitative estimate of drug-likeness (QED) is 0.734. The third-order valence-corrected chi connectivity index (χ3v) is 6.32. The SMILES string of the molecule is NC1CCC/C(=C/C(=O)C2CCC2)C1Cc1cccc(-c2ccccc2)c1. The third kappa shape index (κ3) is 4.22. The van der Waals surface area contributed by atoms with Crippen molar-refractivity contribution in [2.75, 3.05) is 0 Å². The van der Waals surface area contributed by atoms with Gasteiger partial charge in [-0.2, -0.15) is 0 Å². The van der Waals surface area contributed by atoms with E-state index in [1.165, 1.54) is 28.7 Å². The number of carbonyl (C=O) groups is 1. The van der Waals surface area contributed by atoms with E-state index in [1.807, 2.05) is 12.1 Å². The van der Waals surface area contributed by atoms with Crippen LogP contribution in [0.15, 0.2) is 66.2 Å². The maximum atomic E-state index is 12.5. The van der Waals surface area contributed by atoms with Crippen LogP contribution in [0, 0.1) is 11.8 Å². The molecule has 2 nitrogen and oxygen atoms in total. The third-order valence-electron chi connectivity index (χ3n) is 6.32. The average Bonchev–Trinajstić information content (AvgIpc) is 2.64. The molecule has 2 saturated carbocycles. The second-order valence-electron chi connectivity index (χ2n) is 8.18. The predicted octanol–water partition coefficient (Wildman–Crippen LogP) is 5.32. The van der Waals surface area contributed by atoms with Crippen LogP contribution in [-0.2, 0) is 11.2 Å². The number of allylic oxidation sites excluding steroid dienone is 1. The van der Waals surface area contributed by atoms with E-state index in [0.29, 0.717) is 5.78 Å². The Labute approximate surface area is 162 Å². The minimum atomic E-state index is 0.152. The zero-order valence-electron chi connectivity index (χ0n) is 15.9. The van der Waals surface area contributed by atoms with Gasteiger partial charge in [0, 0.05) is 12.0 Å². The normalized spacial score (nSPS) is 24.6. The molecule has 2 aromatic rings. The van der Waals surface area contributed by atoms with Crippen molar-refractivity contribution in [2.45, 2.75) is 51.0 Å². The molecule has 2 aromatic carbocycles. The van der Waals surface area contributed by atoms with Crippen LogP contribution in [0.25, 0.3) is 11.1 Å². The predicted molar refractivity (Wildman–Crippen MR) is 111 cm³/mol. The molecular formula is C25H29NO. The average molecular weight is 360 g/mol. The standard InChI is InChI=1S/C25H29NO/c26-24-14-6-13-22(17-25(27)20-10-5-11-20)23(24)16-18-7-4-12-21(15-18)19-8-2-1-3-9-19/h1-4,7-9,12,15,17,20,23-24H,5-6,10-11,13-14,16,26H2/b22-17-. The summed E-state index contributed by atoms with van der Waals surface area (Å²) in [6.07, 6.45) is 9.41. The van der Waals surface area contributed by atoms with Gasteiger partial charge in [-0.1, -0.05) is 66.6 Å². The van der Waals surface area contributed by atoms with Crippen molar-refractivity contribution in [3.8, 4) is 11.1 Å². The van der Waals surface area contributed by atoms with Crippen molar-refractivity contribution >= 4 is 5.78 Å². The molecule has 2 unspecified atom stereocenters. The Bertz CT molecular complexity index is 819. The van der Waals surface area contributed by atoms with Crippen LogP contribution in [-0.4, -0.2) is 11.8 Å². The van der Waals surface area contributed by atoms with Gasteiger partial charge in [-0.3, -0.25) is 4.79 Å². The Kier molecular flexibility index (Phi) is 5.54. The first kappa shape index (κ1) is 18.2. The number of hydrogen-bond donors (Lipinski definition) is 1. The molecule has 0 radical (unpaired) electrons. The van der Waals surface area contributed by atoms with Crippen molar-refractivity contribution in [3.63, 3.8) is 0 Å². The lowest BCUT2D eigenvalue weighted by molar-refractivity contribution is -0.120. The summed E-state index contributed by atoms with van der Waals surface area (Å²) in [5.74, 6) is 0.903. The van der Waals surface area contributed by atoms with E-state index < -0.39 is 0 Å². The highest BCUT2D eigenvalue weighted by atomic mass is 16.1. The summed E-state index contributed by atoms with van der Waals surface area (Å²) in [5.41, 5.74) is 11.6. The summed E-state index contributed by atoms with van der Waals surface area (Å²) in [6.45, 7) is 0. The highest BCUT2D eigenvalue weighted by Crippen LogP contribution is 2.34. The molecule has 0 saturated heterocycles. The second-order valence-corrected chi connectivity index (χ2v) is 8.18. The number of benzene rings is 2. The van der Waals surface area contributed by atoms with Gasteiger partial charge in [0.05, 0.1) is 0 Å². The largest absolute Gasteiger partial charge is 0.327 e. The Balaban J connectivity index is 1.55. The summed E-state index contributed by atoms with van der Waals surface area (Å²) >= 11 is 0. The first-order valence-electron chi connectivity index (χ1n) is 10.3. The van der Waals surface area contributed by atoms with Gasteiger partial charge >= 0.3 is 0 Å². The smallest absolute Gasteiger partial charge is 0.158 e. The molecule has 2 N–H and O–H groups in total. The molecule has 0 aliphatic heterocycles. The van der Waals surface area contributed by atoms with Crippen molar-refractivity contribution in [3.05, 3.63) is 71.8 Å². The number of ketones is 1. The van der Waals surface area contributed by atoms with Crippen LogP contribution in [0.1, 0.15) is 44.1 Å². The van der Waals surface area contributed by atoms with E-state index in [2.05, 4.69) is 48.5 Å². The van der Waals surface area contributed by atoms with E-state index in [1.54, 1.807) is 0 Å². The van der Waals surface area contributed by atoms with E-state index in [-0.39, 0.29) is 17.9 Å². The lowest BCUT2D eigenvalue weighted by Crippen LogP contribution is -2.36. The van der Waals surface area contributed by atoms with Gasteiger partial charge in [-0.25, -0.2) is 0 Å². The summed E-state index contributed by atoms with van der Waals surface area (Å²) in [7, 11) is 0. The first-order valence-corrected chi connectivity index (χ1v) is 10.3. The van der Waals surface area contributed by atoms with Crippen molar-refractivity contribution < 1.29 is 4.79 Å². The highest BCUT2D eigenvalue weighted by Gasteiger charge is 2.29. The van der Waals surface area contributed by atoms with Gasteiger partial charge in [0.2, 0.25) is 0 Å². The summed E-state index contributed by atoms with van der Waals surface area (Å²) in [6, 6.07) is 19.4. The van der Waals surface area contributed by atoms with E-state index in [9.17, 15) is 4.79 Å². The lowest BCUT2D eigenvalue weighted by Gasteiger charge is -2.32. The van der Waals surface area contributed by atoms with Gasteiger partial charge in [0.25, 0.3) is 0 Å². The molecule has 2 atom stereocenters. The molecular weight excluding hydrogens is 330 g/mol. The molecule has 2 aliphatic carbocycles. The fourth-order valence-electron chi connectivity index (χ4n) is 4.42. The van der Waals surface area contributed by atoms with Gasteiger partial charge in [0.1, 0.15) is 0 Å². The zero-order valence-corrected chi connectivity index (χ0v) is 15.9. The minimum Gasteiger partial charge on any atom is -0.327 e. The lowest BCUT2D eigenvalue weighted by atomic mass is 9.75. The zero-order chi connectivity index (χ0) is 18.6. The second kappa shape index (κ2) is 8.22. The number of carbonyl (C=O) groups excluding carboxylic acids is 1. The van der Waals surface area contributed by atoms with Crippen molar-refractivity contribution in [2.24, 2.45) is 17.6 Å². The van der Waals surface area contributed by atoms with Crippen LogP contribution >= 0.6 is 0 Å². The van der Waals surface area contributed by atoms with Crippen molar-refractivity contribution in [1.29, 1.82) is 0 Å². The first-order chi connectivity index (χ1) is 13.2. The fourth-order valence-corrected chi connectivity index (χ4v) is 4.42.